The van der Waals surface area contributed by atoms with Crippen LogP contribution in [-0.2, 0) is 11.0 Å². The van der Waals surface area contributed by atoms with Crippen LogP contribution < -0.4 is 10.6 Å². The second kappa shape index (κ2) is 10.1. The molecule has 1 aromatic heterocycles. The predicted octanol–water partition coefficient (Wildman–Crippen LogP) is 4.04. The molecule has 0 bridgehead atoms. The van der Waals surface area contributed by atoms with Crippen LogP contribution in [0.3, 0.4) is 0 Å². The van der Waals surface area contributed by atoms with Gasteiger partial charge in [-0.2, -0.15) is 13.2 Å². The Labute approximate surface area is 197 Å². The number of rotatable bonds is 7. The molecule has 1 aromatic carbocycles. The Morgan fingerprint density at radius 3 is 2.53 bits per heavy atom. The minimum atomic E-state index is -4.44. The lowest BCUT2D eigenvalue weighted by Gasteiger charge is -2.47. The number of anilines is 1. The molecule has 2 heterocycles. The van der Waals surface area contributed by atoms with Gasteiger partial charge in [-0.3, -0.25) is 9.69 Å². The SMILES string of the molecule is CC(C)C(O)[C@H]1CC[C@H](N2CC(NC(=O)CNc3nccc4ccc(C(F)(F)F)cc34)C2)CC1. The molecule has 2 fully saturated rings. The fourth-order valence-electron chi connectivity index (χ4n) is 5.18. The van der Waals surface area contributed by atoms with Crippen molar-refractivity contribution < 1.29 is 23.1 Å². The van der Waals surface area contributed by atoms with E-state index in [2.05, 4.69) is 34.4 Å². The van der Waals surface area contributed by atoms with Crippen LogP contribution in [0.4, 0.5) is 19.0 Å². The van der Waals surface area contributed by atoms with Gasteiger partial charge in [0.1, 0.15) is 5.82 Å². The van der Waals surface area contributed by atoms with E-state index in [9.17, 15) is 23.1 Å². The zero-order valence-electron chi connectivity index (χ0n) is 19.6. The molecule has 2 aromatic rings. The monoisotopic (exact) mass is 478 g/mol. The number of benzene rings is 1. The van der Waals surface area contributed by atoms with Crippen molar-refractivity contribution in [3.8, 4) is 0 Å². The number of nitrogens with zero attached hydrogens (tertiary/aromatic N) is 2. The van der Waals surface area contributed by atoms with E-state index in [0.29, 0.717) is 22.7 Å². The average molecular weight is 479 g/mol. The third-order valence-corrected chi connectivity index (χ3v) is 7.21. The molecule has 2 aliphatic rings. The van der Waals surface area contributed by atoms with E-state index in [1.165, 1.54) is 12.3 Å². The summed E-state index contributed by atoms with van der Waals surface area (Å²) in [6.45, 7) is 5.66. The number of aliphatic hydroxyl groups is 1. The fourth-order valence-corrected chi connectivity index (χ4v) is 5.18. The van der Waals surface area contributed by atoms with Crippen LogP contribution >= 0.6 is 0 Å². The van der Waals surface area contributed by atoms with Crippen molar-refractivity contribution in [2.24, 2.45) is 11.8 Å². The van der Waals surface area contributed by atoms with E-state index in [-0.39, 0.29) is 36.3 Å². The zero-order chi connectivity index (χ0) is 24.5. The highest BCUT2D eigenvalue weighted by Gasteiger charge is 2.36. The molecule has 186 valence electrons. The van der Waals surface area contributed by atoms with Crippen LogP contribution in [-0.4, -0.2) is 58.7 Å². The van der Waals surface area contributed by atoms with Gasteiger partial charge in [0.05, 0.1) is 24.3 Å². The summed E-state index contributed by atoms with van der Waals surface area (Å²) in [7, 11) is 0. The Bertz CT molecular complexity index is 999. The molecular weight excluding hydrogens is 445 g/mol. The Kier molecular flexibility index (Phi) is 7.33. The van der Waals surface area contributed by atoms with Gasteiger partial charge < -0.3 is 15.7 Å². The number of aromatic nitrogens is 1. The topological polar surface area (TPSA) is 77.5 Å². The van der Waals surface area contributed by atoms with Crippen LogP contribution in [0.2, 0.25) is 0 Å². The molecule has 1 saturated heterocycles. The number of halogens is 3. The number of carbonyl (C=O) groups is 1. The number of alkyl halides is 3. The van der Waals surface area contributed by atoms with Crippen LogP contribution in [0.5, 0.6) is 0 Å². The van der Waals surface area contributed by atoms with Gasteiger partial charge >= 0.3 is 6.18 Å². The molecule has 34 heavy (non-hydrogen) atoms. The van der Waals surface area contributed by atoms with Crippen molar-refractivity contribution >= 4 is 22.5 Å². The number of hydrogen-bond acceptors (Lipinski definition) is 5. The lowest BCUT2D eigenvalue weighted by Crippen LogP contribution is -2.63. The molecule has 0 radical (unpaired) electrons. The van der Waals surface area contributed by atoms with Crippen molar-refractivity contribution in [1.29, 1.82) is 0 Å². The lowest BCUT2D eigenvalue weighted by molar-refractivity contribution is -0.137. The van der Waals surface area contributed by atoms with Crippen LogP contribution in [0.1, 0.15) is 45.1 Å². The zero-order valence-corrected chi connectivity index (χ0v) is 19.6. The minimum absolute atomic E-state index is 0.0585. The Balaban J connectivity index is 1.24. The Morgan fingerprint density at radius 2 is 1.88 bits per heavy atom. The first-order valence-corrected chi connectivity index (χ1v) is 12.0. The largest absolute Gasteiger partial charge is 0.416 e. The van der Waals surface area contributed by atoms with Crippen LogP contribution in [0.25, 0.3) is 10.8 Å². The first-order valence-electron chi connectivity index (χ1n) is 12.0. The van der Waals surface area contributed by atoms with Crippen molar-refractivity contribution in [2.75, 3.05) is 25.0 Å². The third-order valence-electron chi connectivity index (χ3n) is 7.21. The minimum Gasteiger partial charge on any atom is -0.393 e. The van der Waals surface area contributed by atoms with E-state index < -0.39 is 11.7 Å². The van der Waals surface area contributed by atoms with Gasteiger partial charge in [0, 0.05) is 30.7 Å². The molecule has 1 aliphatic carbocycles. The van der Waals surface area contributed by atoms with E-state index in [0.717, 1.165) is 50.9 Å². The summed E-state index contributed by atoms with van der Waals surface area (Å²) < 4.78 is 39.2. The molecule has 1 saturated carbocycles. The smallest absolute Gasteiger partial charge is 0.393 e. The molecule has 0 spiro atoms. The predicted molar refractivity (Wildman–Crippen MR) is 125 cm³/mol. The van der Waals surface area contributed by atoms with E-state index in [1.807, 2.05) is 0 Å². The van der Waals surface area contributed by atoms with Crippen LogP contribution in [0, 0.1) is 11.8 Å². The van der Waals surface area contributed by atoms with Crippen molar-refractivity contribution in [2.45, 2.75) is 63.9 Å². The van der Waals surface area contributed by atoms with Gasteiger partial charge in [-0.25, -0.2) is 4.98 Å². The third kappa shape index (κ3) is 5.63. The van der Waals surface area contributed by atoms with Crippen molar-refractivity contribution in [3.05, 3.63) is 36.0 Å². The average Bonchev–Trinajstić information content (AvgIpc) is 2.78. The number of amides is 1. The van der Waals surface area contributed by atoms with Crippen LogP contribution in [0.15, 0.2) is 30.5 Å². The molecule has 3 N–H and O–H groups in total. The number of hydrogen-bond donors (Lipinski definition) is 3. The maximum absolute atomic E-state index is 13.1. The fraction of sp³-hybridized carbons (Fsp3) is 0.600. The highest BCUT2D eigenvalue weighted by atomic mass is 19.4. The number of nitrogens with one attached hydrogen (secondary N) is 2. The summed E-state index contributed by atoms with van der Waals surface area (Å²) in [6, 6.07) is 5.72. The molecule has 9 heteroatoms. The number of aliphatic hydroxyl groups excluding tert-OH is 1. The maximum Gasteiger partial charge on any atom is 0.416 e. The summed E-state index contributed by atoms with van der Waals surface area (Å²) in [5.41, 5.74) is -0.747. The summed E-state index contributed by atoms with van der Waals surface area (Å²) in [4.78, 5) is 18.9. The Morgan fingerprint density at radius 1 is 1.18 bits per heavy atom. The van der Waals surface area contributed by atoms with E-state index >= 15 is 0 Å². The molecular formula is C25H33F3N4O2. The Hall–Kier alpha value is -2.39. The summed E-state index contributed by atoms with van der Waals surface area (Å²) >= 11 is 0. The normalized spacial score (nSPS) is 23.0. The second-order valence-electron chi connectivity index (χ2n) is 9.97. The summed E-state index contributed by atoms with van der Waals surface area (Å²) in [5.74, 6) is 0.719. The molecule has 1 unspecified atom stereocenters. The lowest BCUT2D eigenvalue weighted by atomic mass is 9.78. The summed E-state index contributed by atoms with van der Waals surface area (Å²) in [6.07, 6.45) is 1.06. The number of likely N-dealkylation sites (tertiary alicyclic amines) is 1. The first kappa shape index (κ1) is 24.7. The standard InChI is InChI=1S/C25H33F3N4O2/c1-15(2)23(34)17-4-7-20(8-5-17)32-13-19(14-32)31-22(33)12-30-24-21-11-18(25(26,27)28)6-3-16(21)9-10-29-24/h3,6,9-11,15,17,19-20,23,34H,4-5,7-8,12-14H2,1-2H3,(H,29,30)(H,31,33)/t17-,20-,23?. The summed E-state index contributed by atoms with van der Waals surface area (Å²) in [5, 5.41) is 17.1. The van der Waals surface area contributed by atoms with Gasteiger partial charge in [0.2, 0.25) is 5.91 Å². The van der Waals surface area contributed by atoms with Gasteiger partial charge in [0.25, 0.3) is 0 Å². The van der Waals surface area contributed by atoms with Crippen molar-refractivity contribution in [1.82, 2.24) is 15.2 Å². The molecule has 4 rings (SSSR count). The van der Waals surface area contributed by atoms with Gasteiger partial charge in [-0.05, 0) is 61.1 Å². The first-order chi connectivity index (χ1) is 16.1. The maximum atomic E-state index is 13.1. The molecule has 1 aliphatic heterocycles. The van der Waals surface area contributed by atoms with Gasteiger partial charge in [0.15, 0.2) is 0 Å². The molecule has 1 amide bonds. The quantitative estimate of drug-likeness (QED) is 0.560. The van der Waals surface area contributed by atoms with Gasteiger partial charge in [-0.15, -0.1) is 0 Å². The molecule has 6 nitrogen and oxygen atoms in total. The molecule has 1 atom stereocenters. The highest BCUT2D eigenvalue weighted by Crippen LogP contribution is 2.34. The van der Waals surface area contributed by atoms with E-state index in [1.54, 1.807) is 6.07 Å². The van der Waals surface area contributed by atoms with Gasteiger partial charge in [-0.1, -0.05) is 19.9 Å². The highest BCUT2D eigenvalue weighted by molar-refractivity contribution is 5.93. The number of pyridine rings is 1. The number of carbonyl (C=O) groups excluding carboxylic acids is 1. The second-order valence-corrected chi connectivity index (χ2v) is 9.97. The van der Waals surface area contributed by atoms with Crippen molar-refractivity contribution in [3.63, 3.8) is 0 Å². The van der Waals surface area contributed by atoms with E-state index in [4.69, 9.17) is 0 Å². The number of fused-ring (bicyclic) bond motifs is 1.